The minimum Gasteiger partial charge on any atom is -0.484 e. The van der Waals surface area contributed by atoms with Crippen LogP contribution in [0.15, 0.2) is 30.3 Å². The fraction of sp³-hybridized carbons (Fsp3) is 0.524. The number of hydrogen-bond acceptors (Lipinski definition) is 6. The summed E-state index contributed by atoms with van der Waals surface area (Å²) in [5, 5.41) is 10.2. The molecule has 1 aromatic heterocycles. The Labute approximate surface area is 175 Å². The number of para-hydroxylation sites is 1. The zero-order chi connectivity index (χ0) is 20.9. The highest BCUT2D eigenvalue weighted by atomic mass is 16.5. The van der Waals surface area contributed by atoms with Gasteiger partial charge in [-0.2, -0.15) is 5.10 Å². The molecule has 2 N–H and O–H groups in total. The Morgan fingerprint density at radius 1 is 1.27 bits per heavy atom. The van der Waals surface area contributed by atoms with E-state index in [9.17, 15) is 9.59 Å². The van der Waals surface area contributed by atoms with E-state index in [2.05, 4.69) is 20.5 Å². The first-order valence-electron chi connectivity index (χ1n) is 10.3. The van der Waals surface area contributed by atoms with E-state index in [4.69, 9.17) is 9.47 Å². The van der Waals surface area contributed by atoms with Crippen LogP contribution in [0.3, 0.4) is 0 Å². The number of rotatable bonds is 6. The molecule has 0 unspecified atom stereocenters. The van der Waals surface area contributed by atoms with Crippen molar-refractivity contribution in [1.82, 2.24) is 25.4 Å². The maximum atomic E-state index is 12.9. The molecule has 9 heteroatoms. The average molecular weight is 413 g/mol. The minimum atomic E-state index is -0.304. The number of carbonyl (C=O) groups is 2. The molecule has 9 nitrogen and oxygen atoms in total. The van der Waals surface area contributed by atoms with E-state index >= 15 is 0 Å². The summed E-state index contributed by atoms with van der Waals surface area (Å²) in [5.41, 5.74) is 0. The Hall–Kier alpha value is -2.94. The Balaban J connectivity index is 1.42. The van der Waals surface area contributed by atoms with Gasteiger partial charge in [0.05, 0.1) is 6.04 Å². The summed E-state index contributed by atoms with van der Waals surface area (Å²) >= 11 is 0. The Bertz CT molecular complexity index is 865. The fourth-order valence-electron chi connectivity index (χ4n) is 3.99. The summed E-state index contributed by atoms with van der Waals surface area (Å²) in [6, 6.07) is 8.77. The lowest BCUT2D eigenvalue weighted by molar-refractivity contribution is -0.135. The van der Waals surface area contributed by atoms with E-state index in [1.54, 1.807) is 4.90 Å². The van der Waals surface area contributed by atoms with Crippen LogP contribution in [0.1, 0.15) is 37.0 Å². The lowest BCUT2D eigenvalue weighted by atomic mass is 9.99. The molecule has 4 rings (SSSR count). The van der Waals surface area contributed by atoms with Crippen molar-refractivity contribution < 1.29 is 19.1 Å². The summed E-state index contributed by atoms with van der Waals surface area (Å²) in [7, 11) is 0. The molecule has 2 aliphatic rings. The van der Waals surface area contributed by atoms with Crippen molar-refractivity contribution in [2.75, 3.05) is 26.4 Å². The molecule has 0 spiro atoms. The SMILES string of the molecule is Cc1nc([C@@H]2C[C@H](NC(=O)C3CCOCC3)CN2C(=O)COc2ccccc2)n[nH]1. The molecule has 2 fully saturated rings. The van der Waals surface area contributed by atoms with E-state index < -0.39 is 0 Å². The second-order valence-electron chi connectivity index (χ2n) is 7.77. The van der Waals surface area contributed by atoms with Crippen molar-refractivity contribution in [3.63, 3.8) is 0 Å². The number of aryl methyl sites for hydroxylation is 1. The molecule has 0 saturated carbocycles. The highest BCUT2D eigenvalue weighted by Crippen LogP contribution is 2.31. The summed E-state index contributed by atoms with van der Waals surface area (Å²) < 4.78 is 11.0. The Morgan fingerprint density at radius 3 is 2.73 bits per heavy atom. The number of aromatic amines is 1. The molecule has 0 bridgehead atoms. The number of carbonyl (C=O) groups excluding carboxylic acids is 2. The monoisotopic (exact) mass is 413 g/mol. The number of benzene rings is 1. The third-order valence-electron chi connectivity index (χ3n) is 5.58. The van der Waals surface area contributed by atoms with E-state index in [1.807, 2.05) is 37.3 Å². The topological polar surface area (TPSA) is 109 Å². The summed E-state index contributed by atoms with van der Waals surface area (Å²) in [6.45, 7) is 3.38. The Morgan fingerprint density at radius 2 is 2.03 bits per heavy atom. The van der Waals surface area contributed by atoms with Crippen LogP contribution in [-0.2, 0) is 14.3 Å². The summed E-state index contributed by atoms with van der Waals surface area (Å²) in [4.78, 5) is 31.7. The van der Waals surface area contributed by atoms with Crippen molar-refractivity contribution in [3.8, 4) is 5.75 Å². The van der Waals surface area contributed by atoms with Crippen molar-refractivity contribution in [3.05, 3.63) is 42.0 Å². The number of nitrogens with one attached hydrogen (secondary N) is 2. The molecule has 0 aliphatic carbocycles. The normalized spacial score (nSPS) is 22.1. The van der Waals surface area contributed by atoms with Gasteiger partial charge in [-0.3, -0.25) is 14.7 Å². The van der Waals surface area contributed by atoms with Gasteiger partial charge >= 0.3 is 0 Å². The smallest absolute Gasteiger partial charge is 0.261 e. The maximum Gasteiger partial charge on any atom is 0.261 e. The van der Waals surface area contributed by atoms with Crippen molar-refractivity contribution >= 4 is 11.8 Å². The number of amides is 2. The fourth-order valence-corrected chi connectivity index (χ4v) is 3.99. The summed E-state index contributed by atoms with van der Waals surface area (Å²) in [5.74, 6) is 1.72. The van der Waals surface area contributed by atoms with Crippen LogP contribution in [0.4, 0.5) is 0 Å². The van der Waals surface area contributed by atoms with Gasteiger partial charge in [0.1, 0.15) is 11.6 Å². The van der Waals surface area contributed by atoms with Crippen molar-refractivity contribution in [2.45, 2.75) is 38.3 Å². The minimum absolute atomic E-state index is 0.0306. The van der Waals surface area contributed by atoms with Crippen molar-refractivity contribution in [1.29, 1.82) is 0 Å². The maximum absolute atomic E-state index is 12.9. The quantitative estimate of drug-likeness (QED) is 0.740. The van der Waals surface area contributed by atoms with Gasteiger partial charge in [-0.1, -0.05) is 18.2 Å². The molecular weight excluding hydrogens is 386 g/mol. The zero-order valence-corrected chi connectivity index (χ0v) is 17.0. The lowest BCUT2D eigenvalue weighted by Gasteiger charge is -2.24. The van der Waals surface area contributed by atoms with Crippen LogP contribution < -0.4 is 10.1 Å². The van der Waals surface area contributed by atoms with E-state index in [1.165, 1.54) is 0 Å². The highest BCUT2D eigenvalue weighted by molar-refractivity contribution is 5.80. The first kappa shape index (κ1) is 20.3. The zero-order valence-electron chi connectivity index (χ0n) is 17.0. The number of H-pyrrole nitrogens is 1. The first-order valence-corrected chi connectivity index (χ1v) is 10.3. The molecule has 2 amide bonds. The van der Waals surface area contributed by atoms with Crippen molar-refractivity contribution in [2.24, 2.45) is 5.92 Å². The van der Waals surface area contributed by atoms with Gasteiger partial charge in [0, 0.05) is 31.7 Å². The first-order chi connectivity index (χ1) is 14.6. The van der Waals surface area contributed by atoms with Gasteiger partial charge in [-0.05, 0) is 38.3 Å². The van der Waals surface area contributed by atoms with E-state index in [-0.39, 0.29) is 36.4 Å². The third-order valence-corrected chi connectivity index (χ3v) is 5.58. The van der Waals surface area contributed by atoms with Gasteiger partial charge in [-0.15, -0.1) is 0 Å². The second kappa shape index (κ2) is 9.25. The number of ether oxygens (including phenoxy) is 2. The van der Waals surface area contributed by atoms with Crippen LogP contribution in [-0.4, -0.2) is 64.3 Å². The van der Waals surface area contributed by atoms with Crippen LogP contribution in [0, 0.1) is 12.8 Å². The molecule has 0 radical (unpaired) electrons. The molecule has 2 aliphatic heterocycles. The van der Waals surface area contributed by atoms with Gasteiger partial charge in [0.25, 0.3) is 5.91 Å². The van der Waals surface area contributed by atoms with E-state index in [0.717, 1.165) is 12.8 Å². The average Bonchev–Trinajstić information content (AvgIpc) is 3.39. The molecule has 2 saturated heterocycles. The standard InChI is InChI=1S/C21H27N5O4/c1-14-22-20(25-24-14)18-11-16(23-21(28)15-7-9-29-10-8-15)12-26(18)19(27)13-30-17-5-3-2-4-6-17/h2-6,15-16,18H,7-13H2,1H3,(H,23,28)(H,22,24,25)/t16-,18-/m0/s1. The molecule has 30 heavy (non-hydrogen) atoms. The number of hydrogen-bond donors (Lipinski definition) is 2. The molecule has 2 aromatic rings. The largest absolute Gasteiger partial charge is 0.484 e. The second-order valence-corrected chi connectivity index (χ2v) is 7.77. The van der Waals surface area contributed by atoms with Gasteiger partial charge < -0.3 is 19.7 Å². The predicted molar refractivity (Wildman–Crippen MR) is 108 cm³/mol. The van der Waals surface area contributed by atoms with Gasteiger partial charge in [-0.25, -0.2) is 4.98 Å². The van der Waals surface area contributed by atoms with E-state index in [0.29, 0.717) is 43.6 Å². The molecule has 3 heterocycles. The van der Waals surface area contributed by atoms with Crippen LogP contribution in [0.2, 0.25) is 0 Å². The number of nitrogens with zero attached hydrogens (tertiary/aromatic N) is 3. The molecule has 1 aromatic carbocycles. The molecule has 2 atom stereocenters. The van der Waals surface area contributed by atoms with Gasteiger partial charge in [0.15, 0.2) is 12.4 Å². The Kier molecular flexibility index (Phi) is 6.27. The third kappa shape index (κ3) is 4.79. The predicted octanol–water partition coefficient (Wildman–Crippen LogP) is 1.38. The molecule has 160 valence electrons. The van der Waals surface area contributed by atoms with Crippen LogP contribution >= 0.6 is 0 Å². The molecular formula is C21H27N5O4. The number of likely N-dealkylation sites (tertiary alicyclic amines) is 1. The highest BCUT2D eigenvalue weighted by Gasteiger charge is 2.39. The lowest BCUT2D eigenvalue weighted by Crippen LogP contribution is -2.43. The van der Waals surface area contributed by atoms with Crippen LogP contribution in [0.5, 0.6) is 5.75 Å². The number of aromatic nitrogens is 3. The van der Waals surface area contributed by atoms with Gasteiger partial charge in [0.2, 0.25) is 5.91 Å². The summed E-state index contributed by atoms with van der Waals surface area (Å²) in [6.07, 6.45) is 2.04. The van der Waals surface area contributed by atoms with Crippen LogP contribution in [0.25, 0.3) is 0 Å².